The van der Waals surface area contributed by atoms with E-state index in [0.717, 1.165) is 6.54 Å². The van der Waals surface area contributed by atoms with Gasteiger partial charge in [0.25, 0.3) is 0 Å². The summed E-state index contributed by atoms with van der Waals surface area (Å²) in [6.07, 6.45) is 1.18. The Morgan fingerprint density at radius 1 is 1.14 bits per heavy atom. The van der Waals surface area contributed by atoms with Crippen molar-refractivity contribution in [3.63, 3.8) is 0 Å². The molecule has 0 aromatic carbocycles. The number of aryl methyl sites for hydroxylation is 2. The van der Waals surface area contributed by atoms with Crippen LogP contribution in [0.1, 0.15) is 38.6 Å². The normalized spacial score (nSPS) is 11.8. The van der Waals surface area contributed by atoms with Gasteiger partial charge < -0.3 is 5.43 Å². The van der Waals surface area contributed by atoms with Gasteiger partial charge in [-0.15, -0.1) is 0 Å². The molecule has 80 valence electrons. The van der Waals surface area contributed by atoms with Crippen molar-refractivity contribution in [2.75, 3.05) is 12.0 Å². The molecule has 0 radical (unpaired) electrons. The summed E-state index contributed by atoms with van der Waals surface area (Å²) in [6.45, 7) is 12.1. The van der Waals surface area contributed by atoms with Crippen molar-refractivity contribution in [1.82, 2.24) is 4.68 Å². The van der Waals surface area contributed by atoms with Crippen molar-refractivity contribution in [2.45, 2.75) is 41.0 Å². The van der Waals surface area contributed by atoms with Gasteiger partial charge in [0, 0.05) is 17.9 Å². The number of aromatic nitrogens is 1. The van der Waals surface area contributed by atoms with Crippen molar-refractivity contribution < 1.29 is 0 Å². The van der Waals surface area contributed by atoms with E-state index in [9.17, 15) is 0 Å². The molecular weight excluding hydrogens is 172 g/mol. The molecule has 0 saturated carbocycles. The zero-order valence-corrected chi connectivity index (χ0v) is 10.0. The highest BCUT2D eigenvalue weighted by atomic mass is 15.4. The Kier molecular flexibility index (Phi) is 3.25. The highest BCUT2D eigenvalue weighted by molar-refractivity contribution is 5.15. The van der Waals surface area contributed by atoms with Crippen molar-refractivity contribution in [3.8, 4) is 0 Å². The van der Waals surface area contributed by atoms with Crippen LogP contribution >= 0.6 is 0 Å². The molecule has 2 heteroatoms. The van der Waals surface area contributed by atoms with Crippen molar-refractivity contribution in [2.24, 2.45) is 5.41 Å². The van der Waals surface area contributed by atoms with Crippen LogP contribution in [0.25, 0.3) is 0 Å². The molecule has 1 aromatic rings. The second-order valence-electron chi connectivity index (χ2n) is 5.17. The molecule has 0 spiro atoms. The highest BCUT2D eigenvalue weighted by Gasteiger charge is 2.09. The zero-order valence-electron chi connectivity index (χ0n) is 10.0. The lowest BCUT2D eigenvalue weighted by atomic mass is 9.93. The second kappa shape index (κ2) is 4.07. The summed E-state index contributed by atoms with van der Waals surface area (Å²) in [5.41, 5.74) is 6.39. The van der Waals surface area contributed by atoms with E-state index in [1.807, 2.05) is 0 Å². The van der Waals surface area contributed by atoms with Crippen molar-refractivity contribution >= 4 is 0 Å². The van der Waals surface area contributed by atoms with Gasteiger partial charge in [0.1, 0.15) is 0 Å². The van der Waals surface area contributed by atoms with Gasteiger partial charge in [0.2, 0.25) is 0 Å². The maximum absolute atomic E-state index is 3.43. The maximum atomic E-state index is 3.43. The lowest BCUT2D eigenvalue weighted by molar-refractivity contribution is 0.384. The average Bonchev–Trinajstić information content (AvgIpc) is 2.33. The van der Waals surface area contributed by atoms with Crippen LogP contribution in [0.4, 0.5) is 0 Å². The third-order valence-electron chi connectivity index (χ3n) is 2.42. The first-order valence-electron chi connectivity index (χ1n) is 5.29. The lowest BCUT2D eigenvalue weighted by Crippen LogP contribution is -2.22. The summed E-state index contributed by atoms with van der Waals surface area (Å²) in [5, 5.41) is 0. The monoisotopic (exact) mass is 194 g/mol. The number of hydrogen-bond donors (Lipinski definition) is 1. The fourth-order valence-electron chi connectivity index (χ4n) is 1.46. The van der Waals surface area contributed by atoms with Crippen LogP contribution in [-0.4, -0.2) is 11.2 Å². The molecule has 14 heavy (non-hydrogen) atoms. The van der Waals surface area contributed by atoms with E-state index >= 15 is 0 Å². The topological polar surface area (TPSA) is 17.0 Å². The molecule has 0 aliphatic heterocycles. The summed E-state index contributed by atoms with van der Waals surface area (Å²) < 4.78 is 2.16. The SMILES string of the molecule is Cc1ccc(C)n1NCCC(C)(C)C. The van der Waals surface area contributed by atoms with Gasteiger partial charge in [0.05, 0.1) is 0 Å². The molecule has 0 aliphatic carbocycles. The second-order valence-corrected chi connectivity index (χ2v) is 5.17. The molecule has 1 heterocycles. The standard InChI is InChI=1S/C12H22N2/c1-10-6-7-11(2)14(10)13-9-8-12(3,4)5/h6-7,13H,8-9H2,1-5H3. The molecule has 1 rings (SSSR count). The Balaban J connectivity index is 2.46. The third-order valence-corrected chi connectivity index (χ3v) is 2.42. The van der Waals surface area contributed by atoms with E-state index in [2.05, 4.69) is 56.9 Å². The molecule has 0 amide bonds. The fourth-order valence-corrected chi connectivity index (χ4v) is 1.46. The van der Waals surface area contributed by atoms with Gasteiger partial charge in [-0.1, -0.05) is 20.8 Å². The van der Waals surface area contributed by atoms with E-state index in [-0.39, 0.29) is 0 Å². The molecule has 0 atom stereocenters. The molecular formula is C12H22N2. The van der Waals surface area contributed by atoms with Gasteiger partial charge in [-0.2, -0.15) is 0 Å². The van der Waals surface area contributed by atoms with Crippen molar-refractivity contribution in [1.29, 1.82) is 0 Å². The number of nitrogens with one attached hydrogen (secondary N) is 1. The van der Waals surface area contributed by atoms with Crippen LogP contribution in [0.15, 0.2) is 12.1 Å². The van der Waals surface area contributed by atoms with Crippen molar-refractivity contribution in [3.05, 3.63) is 23.5 Å². The van der Waals surface area contributed by atoms with E-state index in [0.29, 0.717) is 5.41 Å². The molecule has 0 aliphatic rings. The Morgan fingerprint density at radius 3 is 2.07 bits per heavy atom. The van der Waals surface area contributed by atoms with Gasteiger partial charge in [-0.3, -0.25) is 4.68 Å². The number of nitrogens with zero attached hydrogens (tertiary/aromatic N) is 1. The highest BCUT2D eigenvalue weighted by Crippen LogP contribution is 2.17. The van der Waals surface area contributed by atoms with E-state index in [1.165, 1.54) is 17.8 Å². The predicted molar refractivity (Wildman–Crippen MR) is 62.2 cm³/mol. The van der Waals surface area contributed by atoms with Crippen LogP contribution in [0.5, 0.6) is 0 Å². The average molecular weight is 194 g/mol. The minimum atomic E-state index is 0.405. The molecule has 1 aromatic heterocycles. The minimum absolute atomic E-state index is 0.405. The van der Waals surface area contributed by atoms with Crippen LogP contribution in [0.2, 0.25) is 0 Å². The van der Waals surface area contributed by atoms with E-state index in [4.69, 9.17) is 0 Å². The van der Waals surface area contributed by atoms with Gasteiger partial charge >= 0.3 is 0 Å². The Hall–Kier alpha value is -0.920. The Morgan fingerprint density at radius 2 is 1.64 bits per heavy atom. The number of hydrogen-bond acceptors (Lipinski definition) is 1. The largest absolute Gasteiger partial charge is 0.326 e. The van der Waals surface area contributed by atoms with Crippen LogP contribution < -0.4 is 5.43 Å². The van der Waals surface area contributed by atoms with Crippen LogP contribution in [0, 0.1) is 19.3 Å². The first-order chi connectivity index (χ1) is 6.40. The minimum Gasteiger partial charge on any atom is -0.326 e. The summed E-state index contributed by atoms with van der Waals surface area (Å²) in [4.78, 5) is 0. The summed E-state index contributed by atoms with van der Waals surface area (Å²) in [7, 11) is 0. The van der Waals surface area contributed by atoms with Gasteiger partial charge in [0.15, 0.2) is 0 Å². The summed E-state index contributed by atoms with van der Waals surface area (Å²) >= 11 is 0. The lowest BCUT2D eigenvalue weighted by Gasteiger charge is -2.20. The van der Waals surface area contributed by atoms with Crippen LogP contribution in [0.3, 0.4) is 0 Å². The molecule has 0 unspecified atom stereocenters. The predicted octanol–water partition coefficient (Wildman–Crippen LogP) is 3.08. The Bertz CT molecular complexity index is 272. The summed E-state index contributed by atoms with van der Waals surface area (Å²) in [6, 6.07) is 4.28. The van der Waals surface area contributed by atoms with E-state index < -0.39 is 0 Å². The van der Waals surface area contributed by atoms with Gasteiger partial charge in [-0.25, -0.2) is 0 Å². The van der Waals surface area contributed by atoms with Crippen LogP contribution in [-0.2, 0) is 0 Å². The molecule has 0 saturated heterocycles. The zero-order chi connectivity index (χ0) is 10.8. The molecule has 0 bridgehead atoms. The smallest absolute Gasteiger partial charge is 0.0366 e. The first kappa shape index (κ1) is 11.2. The Labute approximate surface area is 87.3 Å². The molecule has 2 nitrogen and oxygen atoms in total. The maximum Gasteiger partial charge on any atom is 0.0366 e. The quantitative estimate of drug-likeness (QED) is 0.782. The third kappa shape index (κ3) is 3.09. The fraction of sp³-hybridized carbons (Fsp3) is 0.667. The summed E-state index contributed by atoms with van der Waals surface area (Å²) in [5.74, 6) is 0. The van der Waals surface area contributed by atoms with Gasteiger partial charge in [-0.05, 0) is 37.8 Å². The first-order valence-corrected chi connectivity index (χ1v) is 5.29. The van der Waals surface area contributed by atoms with E-state index in [1.54, 1.807) is 0 Å². The number of rotatable bonds is 3. The molecule has 0 fully saturated rings. The molecule has 1 N–H and O–H groups in total.